The highest BCUT2D eigenvalue weighted by Gasteiger charge is 2.31. The Labute approximate surface area is 208 Å². The Balaban J connectivity index is 1.83. The van der Waals surface area contributed by atoms with Gasteiger partial charge in [-0.3, -0.25) is 9.10 Å². The van der Waals surface area contributed by atoms with Gasteiger partial charge in [0.2, 0.25) is 0 Å². The Bertz CT molecular complexity index is 1260. The third kappa shape index (κ3) is 5.59. The average molecular weight is 547 g/mol. The van der Waals surface area contributed by atoms with Crippen LogP contribution >= 0.6 is 15.9 Å². The number of nitrogens with one attached hydrogen (secondary N) is 1. The van der Waals surface area contributed by atoms with E-state index < -0.39 is 21.9 Å². The summed E-state index contributed by atoms with van der Waals surface area (Å²) in [4.78, 5) is 24.2. The fourth-order valence-electron chi connectivity index (χ4n) is 3.72. The largest absolute Gasteiger partial charge is 0.478 e. The van der Waals surface area contributed by atoms with Crippen molar-refractivity contribution >= 4 is 43.5 Å². The summed E-state index contributed by atoms with van der Waals surface area (Å²) in [5.74, 6) is -1.34. The summed E-state index contributed by atoms with van der Waals surface area (Å²) < 4.78 is 28.6. The molecule has 0 bridgehead atoms. The van der Waals surface area contributed by atoms with Gasteiger partial charge in [-0.15, -0.1) is 0 Å². The van der Waals surface area contributed by atoms with E-state index in [4.69, 9.17) is 0 Å². The number of halogens is 1. The van der Waals surface area contributed by atoms with Crippen molar-refractivity contribution in [1.82, 2.24) is 4.31 Å². The van der Waals surface area contributed by atoms with E-state index in [-0.39, 0.29) is 21.7 Å². The zero-order valence-corrected chi connectivity index (χ0v) is 21.6. The molecule has 0 saturated carbocycles. The van der Waals surface area contributed by atoms with Crippen LogP contribution in [0.5, 0.6) is 0 Å². The highest BCUT2D eigenvalue weighted by molar-refractivity contribution is 9.10. The van der Waals surface area contributed by atoms with Crippen LogP contribution in [-0.2, 0) is 10.0 Å². The molecule has 0 aromatic heterocycles. The maximum absolute atomic E-state index is 13.3. The van der Waals surface area contributed by atoms with Gasteiger partial charge in [0.25, 0.3) is 15.9 Å². The van der Waals surface area contributed by atoms with E-state index >= 15 is 0 Å². The normalized spacial score (nSPS) is 14.3. The van der Waals surface area contributed by atoms with Gasteiger partial charge in [-0.1, -0.05) is 48.9 Å². The molecule has 3 rings (SSSR count). The highest BCUT2D eigenvalue weighted by atomic mass is 79.9. The van der Waals surface area contributed by atoms with Crippen molar-refractivity contribution in [3.8, 4) is 0 Å². The molecule has 1 amide bonds. The minimum Gasteiger partial charge on any atom is -0.478 e. The molecule has 0 unspecified atom stereocenters. The number of hydrogen-bond acceptors (Lipinski definition) is 4. The fraction of sp³-hybridized carbons (Fsp3) is 0.280. The number of carboxylic acids is 1. The summed E-state index contributed by atoms with van der Waals surface area (Å²) in [7, 11) is -3.77. The Kier molecular flexibility index (Phi) is 7.99. The number of rotatable bonds is 8. The molecule has 7 nitrogen and oxygen atoms in total. The van der Waals surface area contributed by atoms with Crippen LogP contribution in [-0.4, -0.2) is 36.3 Å². The van der Waals surface area contributed by atoms with Gasteiger partial charge >= 0.3 is 5.97 Å². The first-order valence-corrected chi connectivity index (χ1v) is 13.1. The SMILES string of the molecule is CCC1=C(/C=C\C(C)C)CCN1S(=O)(=O)c1ccc(C(=O)Nc2ccc(Br)cc2C(=O)O)cc1. The first kappa shape index (κ1) is 25.7. The fourth-order valence-corrected chi connectivity index (χ4v) is 5.68. The number of carbonyl (C=O) groups excluding carboxylic acids is 1. The second kappa shape index (κ2) is 10.6. The molecule has 0 spiro atoms. The van der Waals surface area contributed by atoms with Gasteiger partial charge in [-0.05, 0) is 66.8 Å². The zero-order valence-electron chi connectivity index (χ0n) is 19.2. The predicted molar refractivity (Wildman–Crippen MR) is 135 cm³/mol. The molecule has 1 heterocycles. The number of amides is 1. The van der Waals surface area contributed by atoms with Crippen LogP contribution < -0.4 is 5.32 Å². The molecule has 2 aromatic carbocycles. The Morgan fingerprint density at radius 2 is 1.85 bits per heavy atom. The highest BCUT2D eigenvalue weighted by Crippen LogP contribution is 2.32. The molecular weight excluding hydrogens is 520 g/mol. The molecule has 2 N–H and O–H groups in total. The lowest BCUT2D eigenvalue weighted by molar-refractivity contribution is 0.0698. The van der Waals surface area contributed by atoms with Crippen LogP contribution in [0.25, 0.3) is 0 Å². The quantitative estimate of drug-likeness (QED) is 0.443. The topological polar surface area (TPSA) is 104 Å². The van der Waals surface area contributed by atoms with Crippen molar-refractivity contribution < 1.29 is 23.1 Å². The minimum absolute atomic E-state index is 0.0582. The van der Waals surface area contributed by atoms with Crippen molar-refractivity contribution in [3.05, 3.63) is 81.5 Å². The number of aromatic carboxylic acids is 1. The summed E-state index contributed by atoms with van der Waals surface area (Å²) >= 11 is 3.21. The van der Waals surface area contributed by atoms with Gasteiger partial charge in [0, 0.05) is 22.3 Å². The van der Waals surface area contributed by atoms with Crippen LogP contribution in [0.4, 0.5) is 5.69 Å². The standard InChI is InChI=1S/C25H27BrN2O5S/c1-4-23-17(6-5-16(2)3)13-14-28(23)34(32,33)20-10-7-18(8-11-20)24(29)27-22-12-9-19(26)15-21(22)25(30)31/h5-12,15-16H,4,13-14H2,1-3H3,(H,27,29)(H,30,31)/b6-5-. The Morgan fingerprint density at radius 1 is 1.18 bits per heavy atom. The van der Waals surface area contributed by atoms with Crippen LogP contribution in [0.2, 0.25) is 0 Å². The summed E-state index contributed by atoms with van der Waals surface area (Å²) in [6.45, 7) is 6.46. The number of benzene rings is 2. The second-order valence-corrected chi connectivity index (χ2v) is 11.0. The monoisotopic (exact) mass is 546 g/mol. The lowest BCUT2D eigenvalue weighted by atomic mass is 10.1. The van der Waals surface area contributed by atoms with E-state index in [0.717, 1.165) is 11.3 Å². The van der Waals surface area contributed by atoms with Crippen LogP contribution in [0.3, 0.4) is 0 Å². The number of allylic oxidation sites excluding steroid dienone is 3. The minimum atomic E-state index is -3.77. The van der Waals surface area contributed by atoms with Gasteiger partial charge in [0.15, 0.2) is 0 Å². The van der Waals surface area contributed by atoms with E-state index in [2.05, 4.69) is 41.2 Å². The number of hydrogen-bond donors (Lipinski definition) is 2. The van der Waals surface area contributed by atoms with Gasteiger partial charge in [-0.2, -0.15) is 0 Å². The van der Waals surface area contributed by atoms with E-state index in [1.165, 1.54) is 40.7 Å². The third-order valence-electron chi connectivity index (χ3n) is 5.44. The zero-order chi connectivity index (χ0) is 25.0. The average Bonchev–Trinajstić information content (AvgIpc) is 3.22. The second-order valence-electron chi connectivity index (χ2n) is 8.23. The molecule has 0 radical (unpaired) electrons. The summed E-state index contributed by atoms with van der Waals surface area (Å²) in [5.41, 5.74) is 2.12. The summed E-state index contributed by atoms with van der Waals surface area (Å²) in [6.07, 6.45) is 5.33. The molecule has 180 valence electrons. The molecule has 34 heavy (non-hydrogen) atoms. The van der Waals surface area contributed by atoms with E-state index in [1.807, 2.05) is 13.0 Å². The Morgan fingerprint density at radius 3 is 2.44 bits per heavy atom. The maximum atomic E-state index is 13.3. The van der Waals surface area contributed by atoms with Gasteiger partial charge in [0.1, 0.15) is 0 Å². The van der Waals surface area contributed by atoms with Crippen LogP contribution in [0, 0.1) is 5.92 Å². The number of nitrogens with zero attached hydrogens (tertiary/aromatic N) is 1. The van der Waals surface area contributed by atoms with Gasteiger partial charge in [-0.25, -0.2) is 13.2 Å². The lowest BCUT2D eigenvalue weighted by Gasteiger charge is -2.22. The van der Waals surface area contributed by atoms with Crippen molar-refractivity contribution in [2.24, 2.45) is 5.92 Å². The van der Waals surface area contributed by atoms with Crippen LogP contribution in [0.1, 0.15) is 54.3 Å². The third-order valence-corrected chi connectivity index (χ3v) is 7.78. The molecule has 0 fully saturated rings. The van der Waals surface area contributed by atoms with Gasteiger partial charge < -0.3 is 10.4 Å². The number of carboxylic acid groups (broad SMARTS) is 1. The van der Waals surface area contributed by atoms with Crippen molar-refractivity contribution in [2.45, 2.75) is 38.5 Å². The molecule has 1 aliphatic rings. The molecule has 0 saturated heterocycles. The Hall–Kier alpha value is -2.91. The number of carbonyl (C=O) groups is 2. The molecular formula is C25H27BrN2O5S. The summed E-state index contributed by atoms with van der Waals surface area (Å²) in [5, 5.41) is 12.0. The number of sulfonamides is 1. The first-order valence-electron chi connectivity index (χ1n) is 10.9. The van der Waals surface area contributed by atoms with Crippen molar-refractivity contribution in [2.75, 3.05) is 11.9 Å². The van der Waals surface area contributed by atoms with Crippen molar-refractivity contribution in [1.29, 1.82) is 0 Å². The van der Waals surface area contributed by atoms with E-state index in [0.29, 0.717) is 29.8 Å². The van der Waals surface area contributed by atoms with E-state index in [9.17, 15) is 23.1 Å². The maximum Gasteiger partial charge on any atom is 0.337 e. The van der Waals surface area contributed by atoms with Crippen LogP contribution in [0.15, 0.2) is 75.3 Å². The van der Waals surface area contributed by atoms with Gasteiger partial charge in [0.05, 0.1) is 16.1 Å². The summed E-state index contributed by atoms with van der Waals surface area (Å²) in [6, 6.07) is 10.2. The van der Waals surface area contributed by atoms with Crippen molar-refractivity contribution in [3.63, 3.8) is 0 Å². The molecule has 0 aliphatic carbocycles. The van der Waals surface area contributed by atoms with E-state index in [1.54, 1.807) is 6.07 Å². The molecule has 1 aliphatic heterocycles. The molecule has 9 heteroatoms. The molecule has 2 aromatic rings. The molecule has 0 atom stereocenters. The predicted octanol–water partition coefficient (Wildman–Crippen LogP) is 5.67. The smallest absolute Gasteiger partial charge is 0.337 e. The first-order chi connectivity index (χ1) is 16.0. The lowest BCUT2D eigenvalue weighted by Crippen LogP contribution is -2.28. The number of anilines is 1.